The summed E-state index contributed by atoms with van der Waals surface area (Å²) in [5.74, 6) is 1.42. The Morgan fingerprint density at radius 3 is 2.81 bits per heavy atom. The fourth-order valence-corrected chi connectivity index (χ4v) is 3.25. The summed E-state index contributed by atoms with van der Waals surface area (Å²) in [5, 5.41) is 11.5. The minimum absolute atomic E-state index is 0.142. The number of carbonyl (C=O) groups excluding carboxylic acids is 1. The lowest BCUT2D eigenvalue weighted by molar-refractivity contribution is -0.115. The Balaban J connectivity index is 1.50. The molecule has 1 aliphatic rings. The van der Waals surface area contributed by atoms with Gasteiger partial charge in [0, 0.05) is 24.2 Å². The Labute approximate surface area is 150 Å². The van der Waals surface area contributed by atoms with Crippen LogP contribution >= 0.6 is 0 Å². The van der Waals surface area contributed by atoms with Gasteiger partial charge in [-0.05, 0) is 42.7 Å². The molecule has 0 saturated heterocycles. The topological polar surface area (TPSA) is 59.8 Å². The van der Waals surface area contributed by atoms with Crippen LogP contribution in [-0.2, 0) is 24.2 Å². The first-order valence-electron chi connectivity index (χ1n) is 8.76. The van der Waals surface area contributed by atoms with Crippen molar-refractivity contribution in [3.8, 4) is 11.4 Å². The molecule has 132 valence electrons. The highest BCUT2D eigenvalue weighted by atomic mass is 19.1. The largest absolute Gasteiger partial charge is 0.326 e. The van der Waals surface area contributed by atoms with E-state index in [1.165, 1.54) is 12.1 Å². The van der Waals surface area contributed by atoms with E-state index in [4.69, 9.17) is 0 Å². The zero-order valence-corrected chi connectivity index (χ0v) is 14.3. The highest BCUT2D eigenvalue weighted by molar-refractivity contribution is 5.92. The number of carbonyl (C=O) groups is 1. The average Bonchev–Trinajstić information content (AvgIpc) is 3.08. The Morgan fingerprint density at radius 1 is 1.12 bits per heavy atom. The number of nitrogens with zero attached hydrogens (tertiary/aromatic N) is 3. The standard InChI is InChI=1S/C20H19FN4O/c21-16-9-7-14(8-10-16)12-19(26)22-17-5-3-4-15(13-17)20-24-23-18-6-1-2-11-25(18)20/h3-5,7-10,13H,1-2,6,11-12H2,(H,22,26). The van der Waals surface area contributed by atoms with Gasteiger partial charge in [0.2, 0.25) is 5.91 Å². The first kappa shape index (κ1) is 16.4. The maximum Gasteiger partial charge on any atom is 0.228 e. The summed E-state index contributed by atoms with van der Waals surface area (Å²) in [6, 6.07) is 13.6. The van der Waals surface area contributed by atoms with Crippen LogP contribution in [0.4, 0.5) is 10.1 Å². The van der Waals surface area contributed by atoms with Crippen LogP contribution in [0.3, 0.4) is 0 Å². The summed E-state index contributed by atoms with van der Waals surface area (Å²) in [6.07, 6.45) is 3.44. The van der Waals surface area contributed by atoms with Gasteiger partial charge in [-0.15, -0.1) is 10.2 Å². The summed E-state index contributed by atoms with van der Waals surface area (Å²) in [7, 11) is 0. The molecule has 0 atom stereocenters. The lowest BCUT2D eigenvalue weighted by atomic mass is 10.1. The molecular formula is C20H19FN4O. The molecule has 3 aromatic rings. The van der Waals surface area contributed by atoms with Crippen molar-refractivity contribution in [3.63, 3.8) is 0 Å². The number of hydrogen-bond acceptors (Lipinski definition) is 3. The monoisotopic (exact) mass is 350 g/mol. The lowest BCUT2D eigenvalue weighted by Crippen LogP contribution is -2.14. The molecule has 0 bridgehead atoms. The molecule has 4 rings (SSSR count). The number of anilines is 1. The van der Waals surface area contributed by atoms with E-state index in [9.17, 15) is 9.18 Å². The maximum atomic E-state index is 13.0. The van der Waals surface area contributed by atoms with Gasteiger partial charge in [-0.3, -0.25) is 4.79 Å². The minimum atomic E-state index is -0.307. The van der Waals surface area contributed by atoms with E-state index >= 15 is 0 Å². The van der Waals surface area contributed by atoms with Gasteiger partial charge in [0.05, 0.1) is 6.42 Å². The Bertz CT molecular complexity index is 933. The normalized spacial score (nSPS) is 13.3. The van der Waals surface area contributed by atoms with Gasteiger partial charge in [-0.2, -0.15) is 0 Å². The molecule has 1 aliphatic heterocycles. The van der Waals surface area contributed by atoms with Crippen molar-refractivity contribution in [3.05, 3.63) is 65.7 Å². The number of aryl methyl sites for hydroxylation is 1. The number of halogens is 1. The van der Waals surface area contributed by atoms with Crippen molar-refractivity contribution < 1.29 is 9.18 Å². The third-order valence-electron chi connectivity index (χ3n) is 4.54. The molecule has 0 saturated carbocycles. The number of amides is 1. The van der Waals surface area contributed by atoms with Crippen LogP contribution < -0.4 is 5.32 Å². The number of aromatic nitrogens is 3. The summed E-state index contributed by atoms with van der Waals surface area (Å²) in [5.41, 5.74) is 2.42. The second kappa shape index (κ2) is 7.07. The fourth-order valence-electron chi connectivity index (χ4n) is 3.25. The third kappa shape index (κ3) is 3.49. The van der Waals surface area contributed by atoms with E-state index in [2.05, 4.69) is 20.1 Å². The van der Waals surface area contributed by atoms with Gasteiger partial charge >= 0.3 is 0 Å². The number of fused-ring (bicyclic) bond motifs is 1. The van der Waals surface area contributed by atoms with E-state index in [-0.39, 0.29) is 18.1 Å². The SMILES string of the molecule is O=C(Cc1ccc(F)cc1)Nc1cccc(-c2nnc3n2CCCC3)c1. The van der Waals surface area contributed by atoms with E-state index in [0.29, 0.717) is 5.69 Å². The Kier molecular flexibility index (Phi) is 4.48. The van der Waals surface area contributed by atoms with Crippen molar-refractivity contribution in [1.29, 1.82) is 0 Å². The van der Waals surface area contributed by atoms with Gasteiger partial charge in [0.25, 0.3) is 0 Å². The highest BCUT2D eigenvalue weighted by Crippen LogP contribution is 2.25. The van der Waals surface area contributed by atoms with Gasteiger partial charge in [0.15, 0.2) is 5.82 Å². The number of rotatable bonds is 4. The van der Waals surface area contributed by atoms with Crippen molar-refractivity contribution in [2.24, 2.45) is 0 Å². The van der Waals surface area contributed by atoms with Crippen molar-refractivity contribution in [2.45, 2.75) is 32.2 Å². The number of hydrogen-bond donors (Lipinski definition) is 1. The van der Waals surface area contributed by atoms with E-state index in [0.717, 1.165) is 48.6 Å². The van der Waals surface area contributed by atoms with Gasteiger partial charge in [-0.25, -0.2) is 4.39 Å². The quantitative estimate of drug-likeness (QED) is 0.782. The summed E-state index contributed by atoms with van der Waals surface area (Å²) >= 11 is 0. The van der Waals surface area contributed by atoms with Crippen LogP contribution in [0.1, 0.15) is 24.2 Å². The summed E-state index contributed by atoms with van der Waals surface area (Å²) < 4.78 is 15.1. The molecule has 0 fully saturated rings. The summed E-state index contributed by atoms with van der Waals surface area (Å²) in [6.45, 7) is 0.929. The van der Waals surface area contributed by atoms with Crippen LogP contribution in [-0.4, -0.2) is 20.7 Å². The lowest BCUT2D eigenvalue weighted by Gasteiger charge is -2.15. The molecule has 1 amide bonds. The molecule has 0 aliphatic carbocycles. The second-order valence-corrected chi connectivity index (χ2v) is 6.48. The summed E-state index contributed by atoms with van der Waals surface area (Å²) in [4.78, 5) is 12.3. The predicted molar refractivity (Wildman–Crippen MR) is 97.1 cm³/mol. The molecule has 2 aromatic carbocycles. The molecule has 1 aromatic heterocycles. The van der Waals surface area contributed by atoms with Crippen LogP contribution in [0.25, 0.3) is 11.4 Å². The van der Waals surface area contributed by atoms with Crippen molar-refractivity contribution >= 4 is 11.6 Å². The van der Waals surface area contributed by atoms with Crippen LogP contribution in [0.5, 0.6) is 0 Å². The van der Waals surface area contributed by atoms with Crippen LogP contribution in [0.2, 0.25) is 0 Å². The van der Waals surface area contributed by atoms with Crippen LogP contribution in [0.15, 0.2) is 48.5 Å². The molecule has 1 N–H and O–H groups in total. The van der Waals surface area contributed by atoms with E-state index in [1.807, 2.05) is 24.3 Å². The second-order valence-electron chi connectivity index (χ2n) is 6.48. The molecule has 2 heterocycles. The average molecular weight is 350 g/mol. The first-order valence-corrected chi connectivity index (χ1v) is 8.76. The minimum Gasteiger partial charge on any atom is -0.326 e. The molecule has 26 heavy (non-hydrogen) atoms. The highest BCUT2D eigenvalue weighted by Gasteiger charge is 2.17. The Hall–Kier alpha value is -3.02. The van der Waals surface area contributed by atoms with Gasteiger partial charge < -0.3 is 9.88 Å². The predicted octanol–water partition coefficient (Wildman–Crippen LogP) is 3.60. The van der Waals surface area contributed by atoms with Crippen molar-refractivity contribution in [1.82, 2.24) is 14.8 Å². The molecule has 0 unspecified atom stereocenters. The Morgan fingerprint density at radius 2 is 1.96 bits per heavy atom. The smallest absolute Gasteiger partial charge is 0.228 e. The molecular weight excluding hydrogens is 331 g/mol. The zero-order chi connectivity index (χ0) is 17.9. The third-order valence-corrected chi connectivity index (χ3v) is 4.54. The van der Waals surface area contributed by atoms with Crippen molar-refractivity contribution in [2.75, 3.05) is 5.32 Å². The number of nitrogens with one attached hydrogen (secondary N) is 1. The fraction of sp³-hybridized carbons (Fsp3) is 0.250. The first-order chi connectivity index (χ1) is 12.7. The number of benzene rings is 2. The van der Waals surface area contributed by atoms with E-state index in [1.54, 1.807) is 12.1 Å². The molecule has 0 spiro atoms. The zero-order valence-electron chi connectivity index (χ0n) is 14.3. The van der Waals surface area contributed by atoms with Gasteiger partial charge in [-0.1, -0.05) is 24.3 Å². The molecule has 5 nitrogen and oxygen atoms in total. The van der Waals surface area contributed by atoms with E-state index < -0.39 is 0 Å². The molecule has 0 radical (unpaired) electrons. The van der Waals surface area contributed by atoms with Crippen LogP contribution in [0, 0.1) is 5.82 Å². The van der Waals surface area contributed by atoms with Gasteiger partial charge in [0.1, 0.15) is 11.6 Å². The maximum absolute atomic E-state index is 13.0. The molecule has 6 heteroatoms.